The summed E-state index contributed by atoms with van der Waals surface area (Å²) in [5.74, 6) is 0.790. The van der Waals surface area contributed by atoms with Crippen LogP contribution < -0.4 is 14.8 Å². The van der Waals surface area contributed by atoms with Gasteiger partial charge in [0.25, 0.3) is 0 Å². The Balaban J connectivity index is 0.00000243. The van der Waals surface area contributed by atoms with Crippen molar-refractivity contribution >= 4 is 18.4 Å². The Morgan fingerprint density at radius 2 is 2.08 bits per heavy atom. The summed E-state index contributed by atoms with van der Waals surface area (Å²) in [6, 6.07) is 5.05. The third-order valence-electron chi connectivity index (χ3n) is 4.48. The molecular formula is C18H24ClF2NO4. The van der Waals surface area contributed by atoms with E-state index in [2.05, 4.69) is 10.1 Å². The SMILES string of the molecule is CCC(=O)O[C@H]1CC(c2ccc(OC(F)F)c(OCC3CC3)c2)CN1.Cl. The number of benzene rings is 1. The lowest BCUT2D eigenvalue weighted by molar-refractivity contribution is -0.149. The Bertz CT molecular complexity index is 613. The van der Waals surface area contributed by atoms with Crippen LogP contribution in [0.5, 0.6) is 11.5 Å². The fourth-order valence-electron chi connectivity index (χ4n) is 2.86. The van der Waals surface area contributed by atoms with Gasteiger partial charge >= 0.3 is 12.6 Å². The first-order valence-electron chi connectivity index (χ1n) is 8.69. The molecule has 0 radical (unpaired) electrons. The molecule has 1 aromatic rings. The predicted octanol–water partition coefficient (Wildman–Crippen LogP) is 3.85. The summed E-state index contributed by atoms with van der Waals surface area (Å²) in [4.78, 5) is 11.4. The van der Waals surface area contributed by atoms with Gasteiger partial charge in [-0.3, -0.25) is 10.1 Å². The Labute approximate surface area is 157 Å². The van der Waals surface area contributed by atoms with E-state index >= 15 is 0 Å². The molecule has 1 unspecified atom stereocenters. The van der Waals surface area contributed by atoms with E-state index in [1.54, 1.807) is 19.1 Å². The van der Waals surface area contributed by atoms with Crippen LogP contribution in [0.15, 0.2) is 18.2 Å². The highest BCUT2D eigenvalue weighted by atomic mass is 35.5. The van der Waals surface area contributed by atoms with Crippen molar-refractivity contribution in [3.63, 3.8) is 0 Å². The van der Waals surface area contributed by atoms with E-state index in [4.69, 9.17) is 9.47 Å². The van der Waals surface area contributed by atoms with Gasteiger partial charge in [0.15, 0.2) is 17.7 Å². The van der Waals surface area contributed by atoms with Crippen molar-refractivity contribution in [3.8, 4) is 11.5 Å². The number of carbonyl (C=O) groups excluding carboxylic acids is 1. The van der Waals surface area contributed by atoms with Gasteiger partial charge < -0.3 is 14.2 Å². The van der Waals surface area contributed by atoms with Gasteiger partial charge in [0, 0.05) is 25.3 Å². The lowest BCUT2D eigenvalue weighted by atomic mass is 9.97. The van der Waals surface area contributed by atoms with Crippen molar-refractivity contribution in [2.24, 2.45) is 5.92 Å². The molecule has 1 heterocycles. The van der Waals surface area contributed by atoms with Crippen LogP contribution in [-0.4, -0.2) is 32.0 Å². The van der Waals surface area contributed by atoms with Crippen molar-refractivity contribution < 1.29 is 27.8 Å². The van der Waals surface area contributed by atoms with Crippen LogP contribution >= 0.6 is 12.4 Å². The standard InChI is InChI=1S/C18H23F2NO4.ClH/c1-2-17(22)25-16-8-13(9-21-16)12-5-6-14(24-18(19)20)15(7-12)23-10-11-3-4-11;/h5-7,11,13,16,18,21H,2-4,8-10H2,1H3;1H/t13?,16-;/m0./s1. The Morgan fingerprint density at radius 1 is 1.31 bits per heavy atom. The quantitative estimate of drug-likeness (QED) is 0.682. The molecule has 8 heteroatoms. The molecule has 0 bridgehead atoms. The normalized spacial score (nSPS) is 22.0. The maximum atomic E-state index is 12.6. The minimum atomic E-state index is -2.89. The minimum Gasteiger partial charge on any atom is -0.489 e. The Hall–Kier alpha value is -1.60. The smallest absolute Gasteiger partial charge is 0.387 e. The van der Waals surface area contributed by atoms with E-state index in [0.29, 0.717) is 37.7 Å². The number of alkyl halides is 2. The highest BCUT2D eigenvalue weighted by Gasteiger charge is 2.29. The molecule has 2 aliphatic rings. The summed E-state index contributed by atoms with van der Waals surface area (Å²) in [7, 11) is 0. The van der Waals surface area contributed by atoms with Gasteiger partial charge in [-0.1, -0.05) is 13.0 Å². The monoisotopic (exact) mass is 391 g/mol. The maximum Gasteiger partial charge on any atom is 0.387 e. The first kappa shape index (κ1) is 20.7. The van der Waals surface area contributed by atoms with E-state index in [-0.39, 0.29) is 36.3 Å². The van der Waals surface area contributed by atoms with Crippen LogP contribution in [0.1, 0.15) is 44.1 Å². The second-order valence-corrected chi connectivity index (χ2v) is 6.51. The molecule has 2 fully saturated rings. The number of ether oxygens (including phenoxy) is 3. The highest BCUT2D eigenvalue weighted by molar-refractivity contribution is 5.85. The largest absolute Gasteiger partial charge is 0.489 e. The van der Waals surface area contributed by atoms with E-state index in [1.807, 2.05) is 0 Å². The number of carbonyl (C=O) groups is 1. The summed E-state index contributed by atoms with van der Waals surface area (Å²) in [5, 5.41) is 3.16. The Kier molecular flexibility index (Phi) is 7.46. The molecule has 1 saturated carbocycles. The van der Waals surface area contributed by atoms with E-state index in [1.165, 1.54) is 6.07 Å². The number of halogens is 3. The first-order valence-corrected chi connectivity index (χ1v) is 8.69. The molecular weight excluding hydrogens is 368 g/mol. The number of esters is 1. The second kappa shape index (κ2) is 9.37. The third kappa shape index (κ3) is 5.71. The van der Waals surface area contributed by atoms with Crippen molar-refractivity contribution in [2.45, 2.75) is 51.4 Å². The minimum absolute atomic E-state index is 0. The van der Waals surface area contributed by atoms with E-state index in [9.17, 15) is 13.6 Å². The molecule has 0 spiro atoms. The number of nitrogens with one attached hydrogen (secondary N) is 1. The van der Waals surface area contributed by atoms with Crippen molar-refractivity contribution in [2.75, 3.05) is 13.2 Å². The lowest BCUT2D eigenvalue weighted by Crippen LogP contribution is -2.27. The van der Waals surface area contributed by atoms with Gasteiger partial charge in [-0.05, 0) is 36.5 Å². The molecule has 0 amide bonds. The van der Waals surface area contributed by atoms with E-state index < -0.39 is 6.61 Å². The molecule has 146 valence electrons. The lowest BCUT2D eigenvalue weighted by Gasteiger charge is -2.16. The summed E-state index contributed by atoms with van der Waals surface area (Å²) in [5.41, 5.74) is 0.954. The van der Waals surface area contributed by atoms with Crippen LogP contribution in [0.25, 0.3) is 0 Å². The van der Waals surface area contributed by atoms with Crippen LogP contribution in [0, 0.1) is 5.92 Å². The van der Waals surface area contributed by atoms with Gasteiger partial charge in [0.1, 0.15) is 0 Å². The summed E-state index contributed by atoms with van der Waals surface area (Å²) in [6.45, 7) is 0.0293. The van der Waals surface area contributed by atoms with Gasteiger partial charge in [-0.25, -0.2) is 0 Å². The van der Waals surface area contributed by atoms with Gasteiger partial charge in [-0.15, -0.1) is 12.4 Å². The molecule has 0 aromatic heterocycles. The predicted molar refractivity (Wildman–Crippen MR) is 94.1 cm³/mol. The summed E-state index contributed by atoms with van der Waals surface area (Å²) < 4.78 is 40.7. The van der Waals surface area contributed by atoms with Gasteiger partial charge in [0.05, 0.1) is 6.61 Å². The van der Waals surface area contributed by atoms with Crippen LogP contribution in [0.2, 0.25) is 0 Å². The fourth-order valence-corrected chi connectivity index (χ4v) is 2.86. The van der Waals surface area contributed by atoms with Gasteiger partial charge in [-0.2, -0.15) is 8.78 Å². The molecule has 1 saturated heterocycles. The molecule has 2 atom stereocenters. The molecule has 1 aromatic carbocycles. The average molecular weight is 392 g/mol. The zero-order valence-electron chi connectivity index (χ0n) is 14.6. The van der Waals surface area contributed by atoms with Crippen molar-refractivity contribution in [1.29, 1.82) is 0 Å². The first-order chi connectivity index (χ1) is 12.0. The zero-order valence-corrected chi connectivity index (χ0v) is 15.4. The number of rotatable bonds is 8. The van der Waals surface area contributed by atoms with Gasteiger partial charge in [0.2, 0.25) is 0 Å². The fraction of sp³-hybridized carbons (Fsp3) is 0.611. The van der Waals surface area contributed by atoms with Crippen LogP contribution in [0.4, 0.5) is 8.78 Å². The van der Waals surface area contributed by atoms with Crippen molar-refractivity contribution in [3.05, 3.63) is 23.8 Å². The molecule has 3 rings (SSSR count). The van der Waals surface area contributed by atoms with E-state index in [0.717, 1.165) is 18.4 Å². The highest BCUT2D eigenvalue weighted by Crippen LogP contribution is 2.37. The Morgan fingerprint density at radius 3 is 2.73 bits per heavy atom. The second-order valence-electron chi connectivity index (χ2n) is 6.51. The number of hydrogen-bond donors (Lipinski definition) is 1. The zero-order chi connectivity index (χ0) is 17.8. The molecule has 26 heavy (non-hydrogen) atoms. The van der Waals surface area contributed by atoms with Crippen molar-refractivity contribution in [1.82, 2.24) is 5.32 Å². The molecule has 1 N–H and O–H groups in total. The molecule has 1 aliphatic heterocycles. The molecule has 5 nitrogen and oxygen atoms in total. The topological polar surface area (TPSA) is 56.8 Å². The number of hydrogen-bond acceptors (Lipinski definition) is 5. The maximum absolute atomic E-state index is 12.6. The van der Waals surface area contributed by atoms with Crippen LogP contribution in [-0.2, 0) is 9.53 Å². The summed E-state index contributed by atoms with van der Waals surface area (Å²) in [6.07, 6.45) is 2.89. The summed E-state index contributed by atoms with van der Waals surface area (Å²) >= 11 is 0. The average Bonchev–Trinajstić information content (AvgIpc) is 3.31. The third-order valence-corrected chi connectivity index (χ3v) is 4.48. The molecule has 1 aliphatic carbocycles. The van der Waals surface area contributed by atoms with Crippen LogP contribution in [0.3, 0.4) is 0 Å².